The Hall–Kier alpha value is -0.985. The zero-order valence-electron chi connectivity index (χ0n) is 16.5. The van der Waals surface area contributed by atoms with Gasteiger partial charge in [0.05, 0.1) is 40.0 Å². The molecule has 0 unspecified atom stereocenters. The van der Waals surface area contributed by atoms with Gasteiger partial charge in [-0.2, -0.15) is 0 Å². The van der Waals surface area contributed by atoms with E-state index >= 15 is 0 Å². The number of likely N-dealkylation sites (N-methyl/N-ethyl adjacent to an activating group) is 1. The predicted molar refractivity (Wildman–Crippen MR) is 106 cm³/mol. The Morgan fingerprint density at radius 1 is 1.12 bits per heavy atom. The number of rotatable bonds is 4. The topological polar surface area (TPSA) is 43.8 Å². The van der Waals surface area contributed by atoms with Gasteiger partial charge in [0.1, 0.15) is 5.01 Å². The fraction of sp³-hybridized carbons (Fsp3) is 0.632. The summed E-state index contributed by atoms with van der Waals surface area (Å²) < 4.78 is 19.1. The number of nitrogens with zero attached hydrogens (tertiary/aromatic N) is 2. The first-order chi connectivity index (χ1) is 12.1. The molecule has 0 bridgehead atoms. The standard InChI is InChI=1S/C19H27BN2O3S/c1-17(2)18(3,4)25-20(24-17)13-7-8-15-14(9-13)21-16(26-15)19(10-22(5)6)11-23-12-19/h7-9H,10-12H2,1-6H3. The Morgan fingerprint density at radius 3 is 2.31 bits per heavy atom. The van der Waals surface area contributed by atoms with E-state index < -0.39 is 0 Å². The van der Waals surface area contributed by atoms with Crippen molar-refractivity contribution in [1.82, 2.24) is 9.88 Å². The van der Waals surface area contributed by atoms with Gasteiger partial charge in [0.15, 0.2) is 0 Å². The van der Waals surface area contributed by atoms with E-state index in [-0.39, 0.29) is 23.7 Å². The van der Waals surface area contributed by atoms with E-state index in [9.17, 15) is 0 Å². The first kappa shape index (κ1) is 18.4. The fourth-order valence-corrected chi connectivity index (χ4v) is 4.63. The molecule has 7 heteroatoms. The smallest absolute Gasteiger partial charge is 0.399 e. The molecule has 0 atom stereocenters. The van der Waals surface area contributed by atoms with E-state index in [0.717, 1.165) is 30.7 Å². The van der Waals surface area contributed by atoms with Gasteiger partial charge in [-0.25, -0.2) is 4.98 Å². The van der Waals surface area contributed by atoms with Crippen LogP contribution in [0, 0.1) is 0 Å². The minimum Gasteiger partial charge on any atom is -0.399 e. The van der Waals surface area contributed by atoms with Gasteiger partial charge in [-0.1, -0.05) is 6.07 Å². The summed E-state index contributed by atoms with van der Waals surface area (Å²) in [7, 11) is 3.85. The third-order valence-corrected chi connectivity index (χ3v) is 7.05. The summed E-state index contributed by atoms with van der Waals surface area (Å²) in [5.41, 5.74) is 1.40. The van der Waals surface area contributed by atoms with Gasteiger partial charge in [0, 0.05) is 6.54 Å². The summed E-state index contributed by atoms with van der Waals surface area (Å²) in [5.74, 6) is 0. The van der Waals surface area contributed by atoms with Crippen molar-refractivity contribution >= 4 is 34.1 Å². The molecule has 140 valence electrons. The Labute approximate surface area is 159 Å². The molecular formula is C19H27BN2O3S. The van der Waals surface area contributed by atoms with Crippen molar-refractivity contribution < 1.29 is 14.0 Å². The molecule has 3 heterocycles. The fourth-order valence-electron chi connectivity index (χ4n) is 3.53. The number of benzene rings is 1. The molecule has 4 rings (SSSR count). The molecule has 5 nitrogen and oxygen atoms in total. The summed E-state index contributed by atoms with van der Waals surface area (Å²) in [6, 6.07) is 6.35. The van der Waals surface area contributed by atoms with Crippen LogP contribution in [-0.2, 0) is 19.5 Å². The highest BCUT2D eigenvalue weighted by Crippen LogP contribution is 2.39. The Balaban J connectivity index is 1.65. The van der Waals surface area contributed by atoms with E-state index in [1.54, 1.807) is 11.3 Å². The number of ether oxygens (including phenoxy) is 1. The monoisotopic (exact) mass is 374 g/mol. The number of hydrogen-bond donors (Lipinski definition) is 0. The second-order valence-electron chi connectivity index (χ2n) is 8.85. The van der Waals surface area contributed by atoms with Crippen LogP contribution in [0.15, 0.2) is 18.2 Å². The summed E-state index contributed by atoms with van der Waals surface area (Å²) in [4.78, 5) is 7.18. The molecule has 0 spiro atoms. The van der Waals surface area contributed by atoms with Crippen LogP contribution < -0.4 is 5.46 Å². The molecule has 0 amide bonds. The summed E-state index contributed by atoms with van der Waals surface area (Å²) in [6.07, 6.45) is 0. The second kappa shape index (κ2) is 6.01. The van der Waals surface area contributed by atoms with E-state index in [0.29, 0.717) is 0 Å². The van der Waals surface area contributed by atoms with Crippen LogP contribution in [0.25, 0.3) is 10.2 Å². The van der Waals surface area contributed by atoms with Crippen molar-refractivity contribution in [1.29, 1.82) is 0 Å². The van der Waals surface area contributed by atoms with Gasteiger partial charge in [0.2, 0.25) is 0 Å². The summed E-state index contributed by atoms with van der Waals surface area (Å²) in [5, 5.41) is 1.17. The minimum atomic E-state index is -0.350. The zero-order chi connectivity index (χ0) is 18.7. The lowest BCUT2D eigenvalue weighted by molar-refractivity contribution is -0.0698. The summed E-state index contributed by atoms with van der Waals surface area (Å²) in [6.45, 7) is 10.8. The van der Waals surface area contributed by atoms with Gasteiger partial charge in [0.25, 0.3) is 0 Å². The highest BCUT2D eigenvalue weighted by Gasteiger charge is 2.51. The molecule has 0 radical (unpaired) electrons. The Kier molecular flexibility index (Phi) is 4.25. The van der Waals surface area contributed by atoms with Crippen LogP contribution in [-0.4, -0.2) is 62.1 Å². The van der Waals surface area contributed by atoms with E-state index in [4.69, 9.17) is 19.0 Å². The second-order valence-corrected chi connectivity index (χ2v) is 9.88. The molecule has 26 heavy (non-hydrogen) atoms. The highest BCUT2D eigenvalue weighted by atomic mass is 32.1. The van der Waals surface area contributed by atoms with Gasteiger partial charge in [-0.3, -0.25) is 0 Å². The number of fused-ring (bicyclic) bond motifs is 1. The molecular weight excluding hydrogens is 347 g/mol. The first-order valence-electron chi connectivity index (χ1n) is 9.11. The van der Waals surface area contributed by atoms with E-state index in [1.807, 2.05) is 0 Å². The Morgan fingerprint density at radius 2 is 1.77 bits per heavy atom. The van der Waals surface area contributed by atoms with Crippen molar-refractivity contribution in [2.75, 3.05) is 33.9 Å². The van der Waals surface area contributed by atoms with Crippen molar-refractivity contribution in [3.05, 3.63) is 23.2 Å². The molecule has 0 N–H and O–H groups in total. The lowest BCUT2D eigenvalue weighted by atomic mass is 9.79. The maximum Gasteiger partial charge on any atom is 0.494 e. The van der Waals surface area contributed by atoms with Crippen molar-refractivity contribution in [3.63, 3.8) is 0 Å². The molecule has 0 aliphatic carbocycles. The van der Waals surface area contributed by atoms with Gasteiger partial charge >= 0.3 is 7.12 Å². The van der Waals surface area contributed by atoms with Crippen LogP contribution in [0.2, 0.25) is 0 Å². The van der Waals surface area contributed by atoms with Crippen LogP contribution in [0.4, 0.5) is 0 Å². The van der Waals surface area contributed by atoms with Crippen molar-refractivity contribution in [3.8, 4) is 0 Å². The number of aromatic nitrogens is 1. The quantitative estimate of drug-likeness (QED) is 0.770. The van der Waals surface area contributed by atoms with Crippen LogP contribution in [0.3, 0.4) is 0 Å². The lowest BCUT2D eigenvalue weighted by Crippen LogP contribution is -2.53. The third-order valence-electron chi connectivity index (χ3n) is 5.77. The van der Waals surface area contributed by atoms with Crippen LogP contribution in [0.5, 0.6) is 0 Å². The molecule has 2 aliphatic rings. The zero-order valence-corrected chi connectivity index (χ0v) is 17.3. The van der Waals surface area contributed by atoms with Crippen molar-refractivity contribution in [2.24, 2.45) is 0 Å². The van der Waals surface area contributed by atoms with E-state index in [1.165, 1.54) is 9.71 Å². The SMILES string of the molecule is CN(C)CC1(c2nc3cc(B4OC(C)(C)C(C)(C)O4)ccc3s2)COC1. The van der Waals surface area contributed by atoms with E-state index in [2.05, 4.69) is 64.9 Å². The highest BCUT2D eigenvalue weighted by molar-refractivity contribution is 7.18. The molecule has 1 aromatic heterocycles. The first-order valence-corrected chi connectivity index (χ1v) is 9.93. The minimum absolute atomic E-state index is 0.0255. The van der Waals surface area contributed by atoms with Gasteiger partial charge in [-0.05, 0) is 59.4 Å². The molecule has 0 saturated carbocycles. The largest absolute Gasteiger partial charge is 0.494 e. The van der Waals surface area contributed by atoms with Crippen molar-refractivity contribution in [2.45, 2.75) is 44.3 Å². The number of hydrogen-bond acceptors (Lipinski definition) is 6. The molecule has 2 saturated heterocycles. The van der Waals surface area contributed by atoms with Gasteiger partial charge in [-0.15, -0.1) is 11.3 Å². The Bertz CT molecular complexity index is 813. The average Bonchev–Trinajstić information content (AvgIpc) is 3.00. The average molecular weight is 374 g/mol. The maximum atomic E-state index is 6.18. The summed E-state index contributed by atoms with van der Waals surface area (Å²) >= 11 is 1.77. The maximum absolute atomic E-state index is 6.18. The normalized spacial score (nSPS) is 23.6. The lowest BCUT2D eigenvalue weighted by Gasteiger charge is -2.41. The van der Waals surface area contributed by atoms with Crippen LogP contribution >= 0.6 is 11.3 Å². The molecule has 2 aromatic rings. The van der Waals surface area contributed by atoms with Gasteiger partial charge < -0.3 is 18.9 Å². The molecule has 2 fully saturated rings. The molecule has 1 aromatic carbocycles. The predicted octanol–water partition coefficient (Wildman–Crippen LogP) is 2.43. The van der Waals surface area contributed by atoms with Crippen LogP contribution in [0.1, 0.15) is 32.7 Å². The third kappa shape index (κ3) is 2.90. The molecule has 2 aliphatic heterocycles. The number of thiazole rings is 1.